The Hall–Kier alpha value is -2.08. The van der Waals surface area contributed by atoms with Crippen LogP contribution in [0.15, 0.2) is 24.3 Å². The van der Waals surface area contributed by atoms with Crippen molar-refractivity contribution in [1.29, 1.82) is 0 Å². The maximum Gasteiger partial charge on any atom is 0.257 e. The molecule has 0 aromatic heterocycles. The van der Waals surface area contributed by atoms with E-state index in [1.165, 1.54) is 0 Å². The fraction of sp³-hybridized carbons (Fsp3) is 0.652. The second-order valence-electron chi connectivity index (χ2n) is 8.56. The van der Waals surface area contributed by atoms with E-state index in [-0.39, 0.29) is 36.2 Å². The highest BCUT2D eigenvalue weighted by molar-refractivity contribution is 5.97. The van der Waals surface area contributed by atoms with Gasteiger partial charge in [0.2, 0.25) is 5.91 Å². The van der Waals surface area contributed by atoms with E-state index >= 15 is 0 Å². The number of benzene rings is 1. The number of carbonyl (C=O) groups is 2. The smallest absolute Gasteiger partial charge is 0.257 e. The van der Waals surface area contributed by atoms with Crippen molar-refractivity contribution < 1.29 is 19.4 Å². The third kappa shape index (κ3) is 4.74. The molecule has 3 rings (SSSR count). The van der Waals surface area contributed by atoms with Crippen LogP contribution in [0.3, 0.4) is 0 Å². The number of likely N-dealkylation sites (tertiary alicyclic amines) is 2. The molecule has 2 aliphatic rings. The maximum atomic E-state index is 13.2. The van der Waals surface area contributed by atoms with Crippen molar-refractivity contribution in [3.63, 3.8) is 0 Å². The van der Waals surface area contributed by atoms with Crippen LogP contribution in [-0.4, -0.2) is 66.1 Å². The van der Waals surface area contributed by atoms with Gasteiger partial charge in [-0.1, -0.05) is 26.0 Å². The number of ether oxygens (including phenoxy) is 1. The van der Waals surface area contributed by atoms with Gasteiger partial charge in [-0.15, -0.1) is 0 Å². The second kappa shape index (κ2) is 9.61. The lowest BCUT2D eigenvalue weighted by Crippen LogP contribution is -2.43. The second-order valence-corrected chi connectivity index (χ2v) is 8.56. The number of aliphatic hydroxyl groups is 1. The number of amides is 2. The Morgan fingerprint density at radius 2 is 1.83 bits per heavy atom. The zero-order valence-corrected chi connectivity index (χ0v) is 17.8. The molecule has 6 heteroatoms. The number of hydrogen-bond acceptors (Lipinski definition) is 4. The molecule has 1 aromatic rings. The molecule has 0 saturated carbocycles. The van der Waals surface area contributed by atoms with Crippen LogP contribution in [0.2, 0.25) is 0 Å². The van der Waals surface area contributed by atoms with Crippen LogP contribution in [-0.2, 0) is 4.79 Å². The van der Waals surface area contributed by atoms with Gasteiger partial charge in [0.1, 0.15) is 5.75 Å². The predicted octanol–water partition coefficient (Wildman–Crippen LogP) is 2.66. The van der Waals surface area contributed by atoms with Crippen LogP contribution in [0, 0.1) is 23.7 Å². The van der Waals surface area contributed by atoms with Gasteiger partial charge in [-0.3, -0.25) is 9.59 Å². The van der Waals surface area contributed by atoms with E-state index in [1.54, 1.807) is 0 Å². The van der Waals surface area contributed by atoms with E-state index in [0.29, 0.717) is 36.9 Å². The Kier molecular flexibility index (Phi) is 7.17. The molecule has 160 valence electrons. The summed E-state index contributed by atoms with van der Waals surface area (Å²) in [6.07, 6.45) is 1.88. The Morgan fingerprint density at radius 3 is 2.45 bits per heavy atom. The molecule has 2 saturated heterocycles. The van der Waals surface area contributed by atoms with Crippen LogP contribution in [0.1, 0.15) is 44.0 Å². The molecule has 0 aliphatic carbocycles. The SMILES string of the molecule is CCOc1ccccc1C(=O)N1C[C@@H](CO)[C@H](C2CCN(C(=O)C(C)C)CC2)C1. The number of rotatable bonds is 6. The van der Waals surface area contributed by atoms with Gasteiger partial charge in [0.25, 0.3) is 5.91 Å². The lowest BCUT2D eigenvalue weighted by Gasteiger charge is -2.37. The summed E-state index contributed by atoms with van der Waals surface area (Å²) in [5, 5.41) is 9.96. The topological polar surface area (TPSA) is 70.1 Å². The molecule has 1 N–H and O–H groups in total. The highest BCUT2D eigenvalue weighted by Crippen LogP contribution is 2.37. The minimum atomic E-state index is -0.0255. The Balaban J connectivity index is 1.66. The minimum Gasteiger partial charge on any atom is -0.493 e. The van der Waals surface area contributed by atoms with E-state index in [2.05, 4.69) is 0 Å². The zero-order chi connectivity index (χ0) is 21.0. The molecular weight excluding hydrogens is 368 g/mol. The van der Waals surface area contributed by atoms with E-state index in [0.717, 1.165) is 25.9 Å². The van der Waals surface area contributed by atoms with Gasteiger partial charge in [-0.25, -0.2) is 0 Å². The van der Waals surface area contributed by atoms with Crippen molar-refractivity contribution in [1.82, 2.24) is 9.80 Å². The van der Waals surface area contributed by atoms with Gasteiger partial charge in [0.05, 0.1) is 12.2 Å². The number of nitrogens with zero attached hydrogens (tertiary/aromatic N) is 2. The quantitative estimate of drug-likeness (QED) is 0.794. The molecule has 6 nitrogen and oxygen atoms in total. The number of aliphatic hydroxyl groups excluding tert-OH is 1. The van der Waals surface area contributed by atoms with Crippen molar-refractivity contribution in [2.75, 3.05) is 39.4 Å². The average molecular weight is 403 g/mol. The normalized spacial score (nSPS) is 22.9. The molecule has 2 aliphatic heterocycles. The molecule has 0 unspecified atom stereocenters. The molecule has 2 heterocycles. The summed E-state index contributed by atoms with van der Waals surface area (Å²) in [5.41, 5.74) is 0.587. The van der Waals surface area contributed by atoms with Gasteiger partial charge in [0, 0.05) is 44.6 Å². The largest absolute Gasteiger partial charge is 0.493 e. The number of piperidine rings is 1. The van der Waals surface area contributed by atoms with Gasteiger partial charge in [-0.05, 0) is 43.7 Å². The molecule has 2 atom stereocenters. The van der Waals surface area contributed by atoms with Crippen molar-refractivity contribution in [3.8, 4) is 5.75 Å². The van der Waals surface area contributed by atoms with Gasteiger partial charge >= 0.3 is 0 Å². The van der Waals surface area contributed by atoms with E-state index in [1.807, 2.05) is 54.8 Å². The molecule has 0 spiro atoms. The monoisotopic (exact) mass is 402 g/mol. The highest BCUT2D eigenvalue weighted by Gasteiger charge is 2.41. The Morgan fingerprint density at radius 1 is 1.14 bits per heavy atom. The number of para-hydroxylation sites is 1. The average Bonchev–Trinajstić information content (AvgIpc) is 3.18. The minimum absolute atomic E-state index is 0.0255. The zero-order valence-electron chi connectivity index (χ0n) is 17.8. The van der Waals surface area contributed by atoms with Gasteiger partial charge in [0.15, 0.2) is 0 Å². The lowest BCUT2D eigenvalue weighted by atomic mass is 9.78. The molecule has 2 fully saturated rings. The first kappa shape index (κ1) is 21.6. The van der Waals surface area contributed by atoms with Crippen LogP contribution < -0.4 is 4.74 Å². The van der Waals surface area contributed by atoms with Crippen LogP contribution in [0.5, 0.6) is 5.75 Å². The maximum absolute atomic E-state index is 13.2. The molecule has 0 bridgehead atoms. The van der Waals surface area contributed by atoms with Crippen molar-refractivity contribution in [2.45, 2.75) is 33.6 Å². The highest BCUT2D eigenvalue weighted by atomic mass is 16.5. The molecule has 1 aromatic carbocycles. The predicted molar refractivity (Wildman–Crippen MR) is 112 cm³/mol. The Labute approximate surface area is 173 Å². The lowest BCUT2D eigenvalue weighted by molar-refractivity contribution is -0.136. The molecular formula is C23H34N2O4. The number of carbonyl (C=O) groups excluding carboxylic acids is 2. The summed E-state index contributed by atoms with van der Waals surface area (Å²) in [5.74, 6) is 1.64. The fourth-order valence-electron chi connectivity index (χ4n) is 4.80. The van der Waals surface area contributed by atoms with Crippen molar-refractivity contribution in [2.24, 2.45) is 23.7 Å². The summed E-state index contributed by atoms with van der Waals surface area (Å²) in [4.78, 5) is 29.2. The Bertz CT molecular complexity index is 713. The molecule has 0 radical (unpaired) electrons. The summed E-state index contributed by atoms with van der Waals surface area (Å²) in [6, 6.07) is 7.37. The van der Waals surface area contributed by atoms with E-state index in [9.17, 15) is 14.7 Å². The first-order valence-corrected chi connectivity index (χ1v) is 10.9. The van der Waals surface area contributed by atoms with Crippen molar-refractivity contribution in [3.05, 3.63) is 29.8 Å². The van der Waals surface area contributed by atoms with E-state index < -0.39 is 0 Å². The van der Waals surface area contributed by atoms with Gasteiger partial charge in [-0.2, -0.15) is 0 Å². The standard InChI is InChI=1S/C23H34N2O4/c1-4-29-21-8-6-5-7-19(21)23(28)25-13-18(15-26)20(14-25)17-9-11-24(12-10-17)22(27)16(2)3/h5-8,16-18,20,26H,4,9-15H2,1-3H3/t18-,20-/m0/s1. The fourth-order valence-corrected chi connectivity index (χ4v) is 4.80. The van der Waals surface area contributed by atoms with E-state index in [4.69, 9.17) is 4.74 Å². The van der Waals surface area contributed by atoms with Crippen molar-refractivity contribution >= 4 is 11.8 Å². The summed E-state index contributed by atoms with van der Waals surface area (Å²) in [6.45, 7) is 9.18. The third-order valence-electron chi connectivity index (χ3n) is 6.38. The van der Waals surface area contributed by atoms with Crippen LogP contribution >= 0.6 is 0 Å². The summed E-state index contributed by atoms with van der Waals surface area (Å²) >= 11 is 0. The first-order chi connectivity index (χ1) is 14.0. The number of hydrogen-bond donors (Lipinski definition) is 1. The first-order valence-electron chi connectivity index (χ1n) is 10.9. The summed E-state index contributed by atoms with van der Waals surface area (Å²) in [7, 11) is 0. The molecule has 2 amide bonds. The van der Waals surface area contributed by atoms with Crippen LogP contribution in [0.4, 0.5) is 0 Å². The summed E-state index contributed by atoms with van der Waals surface area (Å²) < 4.78 is 5.63. The van der Waals surface area contributed by atoms with Gasteiger partial charge < -0.3 is 19.6 Å². The van der Waals surface area contributed by atoms with Crippen LogP contribution in [0.25, 0.3) is 0 Å². The molecule has 29 heavy (non-hydrogen) atoms. The third-order valence-corrected chi connectivity index (χ3v) is 6.38.